The first-order chi connectivity index (χ1) is 5.24. The molecule has 0 aromatic heterocycles. The maximum absolute atomic E-state index is 5.31. The lowest BCUT2D eigenvalue weighted by Crippen LogP contribution is -2.25. The van der Waals surface area contributed by atoms with E-state index in [2.05, 4.69) is 24.0 Å². The average Bonchev–Trinajstić information content (AvgIpc) is 2.11. The molecule has 1 rings (SSSR count). The zero-order valence-corrected chi connectivity index (χ0v) is 7.38. The Kier molecular flexibility index (Phi) is 2.90. The van der Waals surface area contributed by atoms with Gasteiger partial charge in [0.1, 0.15) is 0 Å². The van der Waals surface area contributed by atoms with E-state index in [1.807, 2.05) is 0 Å². The third-order valence-electron chi connectivity index (χ3n) is 2.51. The van der Waals surface area contributed by atoms with Crippen molar-refractivity contribution in [2.45, 2.75) is 38.8 Å². The predicted molar refractivity (Wildman–Crippen MR) is 48.0 cm³/mol. The van der Waals surface area contributed by atoms with Gasteiger partial charge in [-0.2, -0.15) is 0 Å². The Morgan fingerprint density at radius 1 is 1.45 bits per heavy atom. The third-order valence-corrected chi connectivity index (χ3v) is 2.51. The molecule has 2 heteroatoms. The molecule has 0 aromatic carbocycles. The molecule has 62 valence electrons. The SMILES string of the molecule is C#[N+]C1CCNC(C)CC1C. The van der Waals surface area contributed by atoms with Crippen LogP contribution in [0.3, 0.4) is 0 Å². The fourth-order valence-corrected chi connectivity index (χ4v) is 1.78. The van der Waals surface area contributed by atoms with Gasteiger partial charge < -0.3 is 5.32 Å². The Morgan fingerprint density at radius 3 is 2.82 bits per heavy atom. The zero-order chi connectivity index (χ0) is 8.27. The summed E-state index contributed by atoms with van der Waals surface area (Å²) in [5, 5.41) is 3.42. The quantitative estimate of drug-likeness (QED) is 0.560. The molecule has 1 N–H and O–H groups in total. The van der Waals surface area contributed by atoms with E-state index in [4.69, 9.17) is 6.57 Å². The molecule has 3 unspecified atom stereocenters. The molecule has 0 aromatic rings. The highest BCUT2D eigenvalue weighted by Crippen LogP contribution is 2.19. The fraction of sp³-hybridized carbons (Fsp3) is 0.889. The summed E-state index contributed by atoms with van der Waals surface area (Å²) in [5.41, 5.74) is 0. The highest BCUT2D eigenvalue weighted by atomic mass is 14.9. The molecular weight excluding hydrogens is 136 g/mol. The van der Waals surface area contributed by atoms with Crippen LogP contribution >= 0.6 is 0 Å². The number of hydrogen-bond acceptors (Lipinski definition) is 1. The van der Waals surface area contributed by atoms with Crippen LogP contribution in [-0.2, 0) is 0 Å². The van der Waals surface area contributed by atoms with Gasteiger partial charge >= 0.3 is 0 Å². The van der Waals surface area contributed by atoms with Crippen molar-refractivity contribution in [2.24, 2.45) is 5.92 Å². The van der Waals surface area contributed by atoms with E-state index in [0.29, 0.717) is 18.0 Å². The van der Waals surface area contributed by atoms with E-state index in [1.165, 1.54) is 6.42 Å². The average molecular weight is 153 g/mol. The summed E-state index contributed by atoms with van der Waals surface area (Å²) in [6.07, 6.45) is 2.27. The van der Waals surface area contributed by atoms with Crippen LogP contribution in [-0.4, -0.2) is 18.6 Å². The number of hydrogen-bond donors (Lipinski definition) is 1. The molecule has 1 saturated heterocycles. The third kappa shape index (κ3) is 2.20. The molecule has 0 bridgehead atoms. The molecule has 0 radical (unpaired) electrons. The van der Waals surface area contributed by atoms with Gasteiger partial charge in [-0.1, -0.05) is 11.8 Å². The van der Waals surface area contributed by atoms with Crippen LogP contribution in [0.25, 0.3) is 4.85 Å². The summed E-state index contributed by atoms with van der Waals surface area (Å²) in [7, 11) is 0. The van der Waals surface area contributed by atoms with Gasteiger partial charge in [-0.15, -0.1) is 0 Å². The van der Waals surface area contributed by atoms with E-state index < -0.39 is 0 Å². The van der Waals surface area contributed by atoms with Crippen molar-refractivity contribution in [3.05, 3.63) is 4.85 Å². The largest absolute Gasteiger partial charge is 0.314 e. The summed E-state index contributed by atoms with van der Waals surface area (Å²) in [5.74, 6) is 0.630. The van der Waals surface area contributed by atoms with Crippen LogP contribution in [0.2, 0.25) is 0 Å². The van der Waals surface area contributed by atoms with Crippen molar-refractivity contribution in [1.29, 1.82) is 0 Å². The van der Waals surface area contributed by atoms with Gasteiger partial charge in [-0.05, 0) is 13.3 Å². The van der Waals surface area contributed by atoms with Crippen molar-refractivity contribution >= 4 is 0 Å². The topological polar surface area (TPSA) is 16.4 Å². The second-order valence-electron chi connectivity index (χ2n) is 3.57. The molecule has 0 aliphatic carbocycles. The van der Waals surface area contributed by atoms with Crippen LogP contribution in [0.4, 0.5) is 0 Å². The van der Waals surface area contributed by atoms with Crippen molar-refractivity contribution in [3.63, 3.8) is 0 Å². The fourth-order valence-electron chi connectivity index (χ4n) is 1.78. The predicted octanol–water partition coefficient (Wildman–Crippen LogP) is 1.73. The Morgan fingerprint density at radius 2 is 2.18 bits per heavy atom. The maximum atomic E-state index is 5.31. The van der Waals surface area contributed by atoms with Gasteiger partial charge in [0.2, 0.25) is 0 Å². The van der Waals surface area contributed by atoms with E-state index in [1.54, 1.807) is 0 Å². The zero-order valence-electron chi connectivity index (χ0n) is 7.38. The van der Waals surface area contributed by atoms with Crippen LogP contribution in [0, 0.1) is 12.5 Å². The molecule has 0 amide bonds. The van der Waals surface area contributed by atoms with E-state index >= 15 is 0 Å². The maximum Gasteiger partial charge on any atom is 0.275 e. The lowest BCUT2D eigenvalue weighted by atomic mass is 9.95. The normalized spacial score (nSPS) is 39.2. The molecule has 3 atom stereocenters. The first-order valence-electron chi connectivity index (χ1n) is 4.37. The monoisotopic (exact) mass is 153 g/mol. The van der Waals surface area contributed by atoms with Crippen LogP contribution in [0.5, 0.6) is 0 Å². The number of rotatable bonds is 0. The van der Waals surface area contributed by atoms with Crippen molar-refractivity contribution in [2.75, 3.05) is 6.54 Å². The minimum Gasteiger partial charge on any atom is -0.314 e. The van der Waals surface area contributed by atoms with Gasteiger partial charge in [0.15, 0.2) is 0 Å². The minimum absolute atomic E-state index is 0.368. The molecule has 1 aliphatic heterocycles. The molecule has 0 spiro atoms. The smallest absolute Gasteiger partial charge is 0.275 e. The standard InChI is InChI=1S/C9H17N2/c1-7-6-8(2)11-5-4-9(7)10-3/h3,7-9,11H,4-6H2,1-2H3/q+1. The van der Waals surface area contributed by atoms with Gasteiger partial charge in [0.25, 0.3) is 12.6 Å². The Bertz CT molecular complexity index is 159. The van der Waals surface area contributed by atoms with Crippen LogP contribution in [0.1, 0.15) is 26.7 Å². The van der Waals surface area contributed by atoms with Crippen molar-refractivity contribution in [3.8, 4) is 6.57 Å². The highest BCUT2D eigenvalue weighted by Gasteiger charge is 2.28. The Balaban J connectivity index is 2.52. The summed E-state index contributed by atoms with van der Waals surface area (Å²) in [6.45, 7) is 10.8. The first kappa shape index (κ1) is 8.55. The van der Waals surface area contributed by atoms with Gasteiger partial charge in [0.05, 0.1) is 0 Å². The molecule has 2 nitrogen and oxygen atoms in total. The van der Waals surface area contributed by atoms with E-state index in [0.717, 1.165) is 13.0 Å². The molecule has 1 aliphatic rings. The lowest BCUT2D eigenvalue weighted by Gasteiger charge is -2.10. The van der Waals surface area contributed by atoms with Gasteiger partial charge in [0, 0.05) is 24.9 Å². The summed E-state index contributed by atoms with van der Waals surface area (Å²) >= 11 is 0. The molecule has 1 fully saturated rings. The van der Waals surface area contributed by atoms with Crippen LogP contribution in [0.15, 0.2) is 0 Å². The molecular formula is C9H17N2+. The Hall–Kier alpha value is -0.550. The highest BCUT2D eigenvalue weighted by molar-refractivity contribution is 4.90. The lowest BCUT2D eigenvalue weighted by molar-refractivity contribution is 0.446. The van der Waals surface area contributed by atoms with E-state index in [9.17, 15) is 0 Å². The molecule has 0 saturated carbocycles. The number of nitrogens with one attached hydrogen (secondary N) is 1. The molecule has 11 heavy (non-hydrogen) atoms. The second-order valence-corrected chi connectivity index (χ2v) is 3.57. The summed E-state index contributed by atoms with van der Waals surface area (Å²) in [4.78, 5) is 3.88. The van der Waals surface area contributed by atoms with E-state index in [-0.39, 0.29) is 0 Å². The molecule has 1 heterocycles. The Labute approximate surface area is 68.8 Å². The second kappa shape index (κ2) is 3.73. The van der Waals surface area contributed by atoms with Crippen molar-refractivity contribution < 1.29 is 0 Å². The minimum atomic E-state index is 0.368. The first-order valence-corrected chi connectivity index (χ1v) is 4.37. The van der Waals surface area contributed by atoms with Crippen LogP contribution < -0.4 is 5.32 Å². The van der Waals surface area contributed by atoms with Gasteiger partial charge in [-0.25, -0.2) is 0 Å². The van der Waals surface area contributed by atoms with Crippen molar-refractivity contribution in [1.82, 2.24) is 5.32 Å². The van der Waals surface area contributed by atoms with Gasteiger partial charge in [-0.3, -0.25) is 0 Å². The summed E-state index contributed by atoms with van der Waals surface area (Å²) in [6, 6.07) is 0.990. The summed E-state index contributed by atoms with van der Waals surface area (Å²) < 4.78 is 0. The number of nitrogens with zero attached hydrogens (tertiary/aromatic N) is 1.